The van der Waals surface area contributed by atoms with Crippen LogP contribution in [-0.4, -0.2) is 46.8 Å². The van der Waals surface area contributed by atoms with Crippen LogP contribution in [-0.2, 0) is 6.18 Å². The van der Waals surface area contributed by atoms with Crippen LogP contribution in [0.3, 0.4) is 0 Å². The number of aromatic nitrogens is 1. The van der Waals surface area contributed by atoms with E-state index in [0.717, 1.165) is 12.3 Å². The van der Waals surface area contributed by atoms with Crippen molar-refractivity contribution in [1.29, 1.82) is 0 Å². The Labute approximate surface area is 132 Å². The molecule has 5 nitrogen and oxygen atoms in total. The fourth-order valence-corrected chi connectivity index (χ4v) is 2.74. The van der Waals surface area contributed by atoms with Crippen LogP contribution in [0.2, 0.25) is 0 Å². The van der Waals surface area contributed by atoms with Gasteiger partial charge in [-0.3, -0.25) is 4.98 Å². The fourth-order valence-electron chi connectivity index (χ4n) is 2.74. The third-order valence-electron chi connectivity index (χ3n) is 4.04. The summed E-state index contributed by atoms with van der Waals surface area (Å²) in [6.07, 6.45) is -3.29. The van der Waals surface area contributed by atoms with Gasteiger partial charge in [0, 0.05) is 25.8 Å². The summed E-state index contributed by atoms with van der Waals surface area (Å²) >= 11 is 0. The molecule has 2 rings (SSSR count). The van der Waals surface area contributed by atoms with E-state index >= 15 is 0 Å². The van der Waals surface area contributed by atoms with Crippen LogP contribution in [0.5, 0.6) is 0 Å². The maximum atomic E-state index is 12.8. The van der Waals surface area contributed by atoms with Crippen LogP contribution in [0, 0.1) is 5.41 Å². The van der Waals surface area contributed by atoms with Crippen molar-refractivity contribution in [3.63, 3.8) is 0 Å². The van der Waals surface area contributed by atoms with Crippen LogP contribution >= 0.6 is 0 Å². The van der Waals surface area contributed by atoms with Crippen molar-refractivity contribution < 1.29 is 23.1 Å². The second-order valence-corrected chi connectivity index (χ2v) is 6.73. The molecule has 0 aromatic carbocycles. The van der Waals surface area contributed by atoms with Gasteiger partial charge < -0.3 is 14.9 Å². The van der Waals surface area contributed by atoms with Crippen LogP contribution in [0.4, 0.5) is 23.7 Å². The van der Waals surface area contributed by atoms with E-state index in [1.807, 2.05) is 20.8 Å². The van der Waals surface area contributed by atoms with E-state index in [0.29, 0.717) is 18.8 Å². The van der Waals surface area contributed by atoms with Crippen LogP contribution in [0.15, 0.2) is 18.5 Å². The second-order valence-electron chi connectivity index (χ2n) is 6.73. The number of rotatable bonds is 1. The number of carbonyl (C=O) groups is 1. The Morgan fingerprint density at radius 1 is 1.26 bits per heavy atom. The standard InChI is InChI=1S/C15H20F3N3O2/c1-14(2,3)12-9-20(4-5-21(12)13(22)23)11-6-10(7-19-8-11)15(16,17)18/h6-8,12H,4-5,9H2,1-3H3,(H,22,23). The molecular weight excluding hydrogens is 311 g/mol. The highest BCUT2D eigenvalue weighted by atomic mass is 19.4. The van der Waals surface area contributed by atoms with E-state index in [1.54, 1.807) is 4.90 Å². The molecule has 1 amide bonds. The molecular formula is C15H20F3N3O2. The zero-order valence-electron chi connectivity index (χ0n) is 13.3. The molecule has 2 heterocycles. The number of hydrogen-bond donors (Lipinski definition) is 1. The summed E-state index contributed by atoms with van der Waals surface area (Å²) in [6, 6.07) is 0.742. The molecule has 0 spiro atoms. The SMILES string of the molecule is CC(C)(C)C1CN(c2cncc(C(F)(F)F)c2)CCN1C(=O)O. The minimum absolute atomic E-state index is 0.244. The Balaban J connectivity index is 2.27. The molecule has 1 saturated heterocycles. The molecule has 1 aliphatic heterocycles. The number of nitrogens with zero attached hydrogens (tertiary/aromatic N) is 3. The van der Waals surface area contributed by atoms with Gasteiger partial charge in [0.1, 0.15) is 0 Å². The van der Waals surface area contributed by atoms with Gasteiger partial charge in [0.05, 0.1) is 23.5 Å². The summed E-state index contributed by atoms with van der Waals surface area (Å²) in [5, 5.41) is 9.33. The predicted molar refractivity (Wildman–Crippen MR) is 79.4 cm³/mol. The number of pyridine rings is 1. The van der Waals surface area contributed by atoms with Crippen molar-refractivity contribution in [1.82, 2.24) is 9.88 Å². The van der Waals surface area contributed by atoms with Gasteiger partial charge in [-0.1, -0.05) is 20.8 Å². The summed E-state index contributed by atoms with van der Waals surface area (Å²) in [5.41, 5.74) is -0.770. The summed E-state index contributed by atoms with van der Waals surface area (Å²) in [6.45, 7) is 6.67. The van der Waals surface area contributed by atoms with Gasteiger partial charge in [0.15, 0.2) is 0 Å². The maximum absolute atomic E-state index is 12.8. The van der Waals surface area contributed by atoms with Crippen molar-refractivity contribution in [2.45, 2.75) is 33.0 Å². The van der Waals surface area contributed by atoms with Crippen LogP contribution in [0.25, 0.3) is 0 Å². The van der Waals surface area contributed by atoms with Crippen LogP contribution in [0.1, 0.15) is 26.3 Å². The lowest BCUT2D eigenvalue weighted by atomic mass is 9.84. The van der Waals surface area contributed by atoms with E-state index in [4.69, 9.17) is 0 Å². The van der Waals surface area contributed by atoms with Gasteiger partial charge in [0.25, 0.3) is 0 Å². The first-order valence-electron chi connectivity index (χ1n) is 7.27. The zero-order valence-corrected chi connectivity index (χ0v) is 13.3. The Hall–Kier alpha value is -1.99. The van der Waals surface area contributed by atoms with Gasteiger partial charge in [0.2, 0.25) is 0 Å². The first-order valence-corrected chi connectivity index (χ1v) is 7.27. The average Bonchev–Trinajstić information content (AvgIpc) is 2.45. The molecule has 128 valence electrons. The number of alkyl halides is 3. The molecule has 0 bridgehead atoms. The first-order chi connectivity index (χ1) is 10.5. The predicted octanol–water partition coefficient (Wildman–Crippen LogP) is 3.32. The molecule has 1 aromatic rings. The number of piperazine rings is 1. The lowest BCUT2D eigenvalue weighted by Gasteiger charge is -2.46. The molecule has 8 heteroatoms. The zero-order chi connectivity index (χ0) is 17.4. The van der Waals surface area contributed by atoms with Gasteiger partial charge in [-0.15, -0.1) is 0 Å². The third-order valence-corrected chi connectivity index (χ3v) is 4.04. The van der Waals surface area contributed by atoms with E-state index in [1.165, 1.54) is 11.1 Å². The average molecular weight is 331 g/mol. The van der Waals surface area contributed by atoms with E-state index < -0.39 is 17.8 Å². The maximum Gasteiger partial charge on any atom is 0.417 e. The fraction of sp³-hybridized carbons (Fsp3) is 0.600. The third kappa shape index (κ3) is 3.86. The lowest BCUT2D eigenvalue weighted by Crippen LogP contribution is -2.59. The summed E-state index contributed by atoms with van der Waals surface area (Å²) < 4.78 is 38.5. The molecule has 1 aliphatic rings. The van der Waals surface area contributed by atoms with Gasteiger partial charge in [-0.25, -0.2) is 4.79 Å². The normalized spacial score (nSPS) is 19.8. The summed E-state index contributed by atoms with van der Waals surface area (Å²) in [5.74, 6) is 0. The Morgan fingerprint density at radius 2 is 1.91 bits per heavy atom. The van der Waals surface area contributed by atoms with Gasteiger partial charge in [-0.2, -0.15) is 13.2 Å². The van der Waals surface area contributed by atoms with Gasteiger partial charge >= 0.3 is 12.3 Å². The topological polar surface area (TPSA) is 56.7 Å². The number of amides is 1. The Bertz CT molecular complexity index is 584. The van der Waals surface area contributed by atoms with Crippen molar-refractivity contribution in [2.75, 3.05) is 24.5 Å². The molecule has 23 heavy (non-hydrogen) atoms. The molecule has 1 N–H and O–H groups in total. The molecule has 1 atom stereocenters. The molecule has 0 radical (unpaired) electrons. The highest BCUT2D eigenvalue weighted by Gasteiger charge is 2.38. The van der Waals surface area contributed by atoms with Crippen molar-refractivity contribution in [2.24, 2.45) is 5.41 Å². The quantitative estimate of drug-likeness (QED) is 0.858. The monoisotopic (exact) mass is 331 g/mol. The van der Waals surface area contributed by atoms with Crippen molar-refractivity contribution in [3.05, 3.63) is 24.0 Å². The van der Waals surface area contributed by atoms with Gasteiger partial charge in [-0.05, 0) is 11.5 Å². The van der Waals surface area contributed by atoms with Crippen molar-refractivity contribution >= 4 is 11.8 Å². The second kappa shape index (κ2) is 5.90. The van der Waals surface area contributed by atoms with E-state index in [9.17, 15) is 23.1 Å². The minimum atomic E-state index is -4.45. The number of halogens is 3. The lowest BCUT2D eigenvalue weighted by molar-refractivity contribution is -0.137. The summed E-state index contributed by atoms with van der Waals surface area (Å²) in [7, 11) is 0. The summed E-state index contributed by atoms with van der Waals surface area (Å²) in [4.78, 5) is 18.2. The molecule has 0 aliphatic carbocycles. The number of hydrogen-bond acceptors (Lipinski definition) is 3. The number of anilines is 1. The van der Waals surface area contributed by atoms with Crippen LogP contribution < -0.4 is 4.90 Å². The smallest absolute Gasteiger partial charge is 0.417 e. The molecule has 0 saturated carbocycles. The van der Waals surface area contributed by atoms with E-state index in [2.05, 4.69) is 4.98 Å². The number of carboxylic acid groups (broad SMARTS) is 1. The van der Waals surface area contributed by atoms with Crippen molar-refractivity contribution in [3.8, 4) is 0 Å². The minimum Gasteiger partial charge on any atom is -0.465 e. The van der Waals surface area contributed by atoms with E-state index in [-0.39, 0.29) is 18.0 Å². The Morgan fingerprint density at radius 3 is 2.43 bits per heavy atom. The molecule has 1 fully saturated rings. The Kier molecular flexibility index (Phi) is 4.45. The molecule has 1 unspecified atom stereocenters. The highest BCUT2D eigenvalue weighted by molar-refractivity contribution is 5.66. The first kappa shape index (κ1) is 17.4. The molecule has 1 aromatic heterocycles. The highest BCUT2D eigenvalue weighted by Crippen LogP contribution is 2.33. The largest absolute Gasteiger partial charge is 0.465 e.